The lowest BCUT2D eigenvalue weighted by molar-refractivity contribution is 0.620. The largest absolute Gasteiger partial charge is 0.398 e. The third kappa shape index (κ3) is 2.36. The minimum Gasteiger partial charge on any atom is -0.398 e. The Morgan fingerprint density at radius 3 is 2.62 bits per heavy atom. The third-order valence-electron chi connectivity index (χ3n) is 3.43. The molecule has 1 aromatic heterocycles. The Bertz CT molecular complexity index is 824. The highest BCUT2D eigenvalue weighted by molar-refractivity contribution is 6.33. The van der Waals surface area contributed by atoms with Crippen LogP contribution in [0.4, 0.5) is 10.1 Å². The Labute approximate surface area is 127 Å². The van der Waals surface area contributed by atoms with Crippen LogP contribution in [0.25, 0.3) is 22.4 Å². The Balaban J connectivity index is 2.30. The fourth-order valence-corrected chi connectivity index (χ4v) is 2.65. The smallest absolute Gasteiger partial charge is 0.141 e. The van der Waals surface area contributed by atoms with Gasteiger partial charge in [-0.15, -0.1) is 0 Å². The molecule has 21 heavy (non-hydrogen) atoms. The lowest BCUT2D eigenvalue weighted by atomic mass is 10.2. The van der Waals surface area contributed by atoms with Gasteiger partial charge in [0.1, 0.15) is 11.6 Å². The number of nitrogens with two attached hydrogens (primary N) is 1. The zero-order chi connectivity index (χ0) is 15.1. The molecule has 1 heterocycles. The molecule has 3 rings (SSSR count). The van der Waals surface area contributed by atoms with Crippen molar-refractivity contribution in [3.05, 3.63) is 47.2 Å². The second-order valence-corrected chi connectivity index (χ2v) is 5.68. The van der Waals surface area contributed by atoms with Crippen molar-refractivity contribution in [2.24, 2.45) is 0 Å². The van der Waals surface area contributed by atoms with Crippen molar-refractivity contribution in [1.29, 1.82) is 0 Å². The van der Waals surface area contributed by atoms with Crippen LogP contribution in [-0.2, 0) is 0 Å². The predicted octanol–water partition coefficient (Wildman–Crippen LogP) is 4.66. The molecule has 3 nitrogen and oxygen atoms in total. The minimum atomic E-state index is -0.294. The van der Waals surface area contributed by atoms with Gasteiger partial charge in [-0.1, -0.05) is 11.6 Å². The van der Waals surface area contributed by atoms with Gasteiger partial charge in [0.25, 0.3) is 0 Å². The molecule has 2 N–H and O–H groups in total. The number of fused-ring (bicyclic) bond motifs is 1. The van der Waals surface area contributed by atoms with Crippen LogP contribution < -0.4 is 5.73 Å². The number of nitrogen functional groups attached to an aromatic ring is 1. The van der Waals surface area contributed by atoms with E-state index in [0.717, 1.165) is 16.9 Å². The number of aromatic nitrogens is 2. The summed E-state index contributed by atoms with van der Waals surface area (Å²) in [5.41, 5.74) is 8.67. The van der Waals surface area contributed by atoms with Gasteiger partial charge in [-0.25, -0.2) is 9.37 Å². The SMILES string of the molecule is CC(C)n1c(-c2ccc(N)c(Cl)c2)nc2cc(F)ccc21. The number of halogens is 2. The van der Waals surface area contributed by atoms with E-state index < -0.39 is 0 Å². The molecule has 108 valence electrons. The van der Waals surface area contributed by atoms with E-state index >= 15 is 0 Å². The first-order chi connectivity index (χ1) is 9.97. The van der Waals surface area contributed by atoms with Gasteiger partial charge in [-0.2, -0.15) is 0 Å². The quantitative estimate of drug-likeness (QED) is 0.700. The molecule has 2 aromatic carbocycles. The number of anilines is 1. The Morgan fingerprint density at radius 2 is 1.95 bits per heavy atom. The molecule has 0 aliphatic heterocycles. The first-order valence-corrected chi connectivity index (χ1v) is 7.08. The molecule has 0 radical (unpaired) electrons. The van der Waals surface area contributed by atoms with Crippen molar-refractivity contribution in [2.75, 3.05) is 5.73 Å². The summed E-state index contributed by atoms with van der Waals surface area (Å²) >= 11 is 6.10. The Hall–Kier alpha value is -2.07. The van der Waals surface area contributed by atoms with Crippen molar-refractivity contribution < 1.29 is 4.39 Å². The van der Waals surface area contributed by atoms with E-state index in [1.54, 1.807) is 18.2 Å². The molecule has 0 unspecified atom stereocenters. The summed E-state index contributed by atoms with van der Waals surface area (Å²) in [7, 11) is 0. The Kier molecular flexibility index (Phi) is 3.33. The monoisotopic (exact) mass is 303 g/mol. The maximum absolute atomic E-state index is 13.4. The molecule has 0 amide bonds. The molecule has 3 aromatic rings. The summed E-state index contributed by atoms with van der Waals surface area (Å²) in [5.74, 6) is 0.463. The number of rotatable bonds is 2. The van der Waals surface area contributed by atoms with E-state index in [9.17, 15) is 4.39 Å². The number of imidazole rings is 1. The molecular formula is C16H15ClFN3. The molecule has 0 spiro atoms. The van der Waals surface area contributed by atoms with Gasteiger partial charge in [0.15, 0.2) is 0 Å². The molecule has 0 aliphatic carbocycles. The highest BCUT2D eigenvalue weighted by Crippen LogP contribution is 2.31. The highest BCUT2D eigenvalue weighted by atomic mass is 35.5. The van der Waals surface area contributed by atoms with E-state index in [2.05, 4.69) is 23.4 Å². The first kappa shape index (κ1) is 13.9. The van der Waals surface area contributed by atoms with Crippen LogP contribution in [0, 0.1) is 5.82 Å². The van der Waals surface area contributed by atoms with Crippen molar-refractivity contribution in [3.8, 4) is 11.4 Å². The van der Waals surface area contributed by atoms with Gasteiger partial charge >= 0.3 is 0 Å². The summed E-state index contributed by atoms with van der Waals surface area (Å²) in [6.45, 7) is 4.12. The molecule has 0 atom stereocenters. The highest BCUT2D eigenvalue weighted by Gasteiger charge is 2.16. The van der Waals surface area contributed by atoms with Crippen LogP contribution in [0.1, 0.15) is 19.9 Å². The van der Waals surface area contributed by atoms with Gasteiger partial charge in [0.05, 0.1) is 21.7 Å². The van der Waals surface area contributed by atoms with E-state index in [1.807, 2.05) is 6.07 Å². The van der Waals surface area contributed by atoms with Crippen LogP contribution in [0.2, 0.25) is 5.02 Å². The lowest BCUT2D eigenvalue weighted by Gasteiger charge is -2.13. The van der Waals surface area contributed by atoms with Crippen molar-refractivity contribution in [3.63, 3.8) is 0 Å². The predicted molar refractivity (Wildman–Crippen MR) is 84.9 cm³/mol. The summed E-state index contributed by atoms with van der Waals surface area (Å²) in [6, 6.07) is 10.2. The van der Waals surface area contributed by atoms with Gasteiger partial charge < -0.3 is 10.3 Å². The maximum atomic E-state index is 13.4. The van der Waals surface area contributed by atoms with Crippen molar-refractivity contribution in [2.45, 2.75) is 19.9 Å². The summed E-state index contributed by atoms with van der Waals surface area (Å²) in [6.07, 6.45) is 0. The van der Waals surface area contributed by atoms with Crippen molar-refractivity contribution >= 4 is 28.3 Å². The minimum absolute atomic E-state index is 0.187. The van der Waals surface area contributed by atoms with Gasteiger partial charge in [-0.3, -0.25) is 0 Å². The van der Waals surface area contributed by atoms with Gasteiger partial charge in [0, 0.05) is 17.7 Å². The Morgan fingerprint density at radius 1 is 1.19 bits per heavy atom. The van der Waals surface area contributed by atoms with Crippen LogP contribution >= 0.6 is 11.6 Å². The second kappa shape index (κ2) is 5.04. The van der Waals surface area contributed by atoms with Crippen molar-refractivity contribution in [1.82, 2.24) is 9.55 Å². The number of hydrogen-bond donors (Lipinski definition) is 1. The third-order valence-corrected chi connectivity index (χ3v) is 3.75. The van der Waals surface area contributed by atoms with Crippen LogP contribution in [0.5, 0.6) is 0 Å². The average molecular weight is 304 g/mol. The average Bonchev–Trinajstić information content (AvgIpc) is 2.80. The van der Waals surface area contributed by atoms with Crippen LogP contribution in [0.15, 0.2) is 36.4 Å². The van der Waals surface area contributed by atoms with E-state index in [0.29, 0.717) is 16.2 Å². The zero-order valence-corrected chi connectivity index (χ0v) is 12.5. The van der Waals surface area contributed by atoms with E-state index in [4.69, 9.17) is 17.3 Å². The van der Waals surface area contributed by atoms with Crippen LogP contribution in [-0.4, -0.2) is 9.55 Å². The molecule has 0 fully saturated rings. The van der Waals surface area contributed by atoms with Gasteiger partial charge in [0.2, 0.25) is 0 Å². The zero-order valence-electron chi connectivity index (χ0n) is 11.8. The molecular weight excluding hydrogens is 289 g/mol. The molecule has 0 aliphatic rings. The maximum Gasteiger partial charge on any atom is 0.141 e. The summed E-state index contributed by atoms with van der Waals surface area (Å²) < 4.78 is 15.5. The number of nitrogens with zero attached hydrogens (tertiary/aromatic N) is 2. The second-order valence-electron chi connectivity index (χ2n) is 5.27. The van der Waals surface area contributed by atoms with Crippen LogP contribution in [0.3, 0.4) is 0 Å². The standard InChI is InChI=1S/C16H15ClFN3/c1-9(2)21-15-6-4-11(18)8-14(15)20-16(21)10-3-5-13(19)12(17)7-10/h3-9H,19H2,1-2H3. The fourth-order valence-electron chi connectivity index (χ4n) is 2.46. The first-order valence-electron chi connectivity index (χ1n) is 6.70. The summed E-state index contributed by atoms with van der Waals surface area (Å²) in [4.78, 5) is 4.56. The normalized spacial score (nSPS) is 11.5. The molecule has 5 heteroatoms. The van der Waals surface area contributed by atoms with Gasteiger partial charge in [-0.05, 0) is 44.2 Å². The van der Waals surface area contributed by atoms with E-state index in [-0.39, 0.29) is 11.9 Å². The number of hydrogen-bond acceptors (Lipinski definition) is 2. The molecule has 0 saturated carbocycles. The fraction of sp³-hybridized carbons (Fsp3) is 0.188. The molecule has 0 saturated heterocycles. The lowest BCUT2D eigenvalue weighted by Crippen LogP contribution is -2.03. The summed E-state index contributed by atoms with van der Waals surface area (Å²) in [5, 5.41) is 0.487. The molecule has 0 bridgehead atoms. The number of benzene rings is 2. The van der Waals surface area contributed by atoms with E-state index in [1.165, 1.54) is 12.1 Å². The topological polar surface area (TPSA) is 43.8 Å².